The second-order valence-electron chi connectivity index (χ2n) is 3.37. The molecule has 19 heavy (non-hydrogen) atoms. The Hall–Kier alpha value is -1.38. The number of nitrogens with two attached hydrogens (primary N) is 1. The first kappa shape index (κ1) is 14.0. The van der Waals surface area contributed by atoms with Crippen LogP contribution in [-0.4, -0.2) is 21.9 Å². The van der Waals surface area contributed by atoms with Gasteiger partial charge in [-0.05, 0) is 18.2 Å². The summed E-state index contributed by atoms with van der Waals surface area (Å²) in [5.41, 5.74) is 5.46. The summed E-state index contributed by atoms with van der Waals surface area (Å²) >= 11 is 8.08. The number of nitrogen functional groups attached to an aromatic ring is 1. The number of benzene rings is 1. The molecule has 0 aliphatic carbocycles. The first-order valence-electron chi connectivity index (χ1n) is 5.01. The van der Waals surface area contributed by atoms with Gasteiger partial charge in [-0.2, -0.15) is 0 Å². The van der Waals surface area contributed by atoms with E-state index in [1.54, 1.807) is 0 Å². The van der Waals surface area contributed by atoms with E-state index in [9.17, 15) is 9.18 Å². The zero-order valence-corrected chi connectivity index (χ0v) is 11.8. The maximum Gasteiger partial charge on any atom is 0.234 e. The monoisotopic (exact) mass is 318 g/mol. The smallest absolute Gasteiger partial charge is 0.234 e. The van der Waals surface area contributed by atoms with Crippen molar-refractivity contribution in [2.24, 2.45) is 0 Å². The molecule has 0 atom stereocenters. The summed E-state index contributed by atoms with van der Waals surface area (Å²) in [6.45, 7) is 0. The lowest BCUT2D eigenvalue weighted by Gasteiger charge is -2.05. The van der Waals surface area contributed by atoms with E-state index in [0.717, 1.165) is 0 Å². The van der Waals surface area contributed by atoms with Crippen LogP contribution in [0, 0.1) is 5.82 Å². The molecule has 5 nitrogen and oxygen atoms in total. The largest absolute Gasteiger partial charge is 0.374 e. The second kappa shape index (κ2) is 6.18. The van der Waals surface area contributed by atoms with Crippen LogP contribution >= 0.6 is 34.7 Å². The number of anilines is 2. The van der Waals surface area contributed by atoms with Crippen molar-refractivity contribution in [3.63, 3.8) is 0 Å². The van der Waals surface area contributed by atoms with Gasteiger partial charge >= 0.3 is 0 Å². The van der Waals surface area contributed by atoms with Crippen LogP contribution in [-0.2, 0) is 4.79 Å². The fraction of sp³-hybridized carbons (Fsp3) is 0.100. The number of hydrogen-bond donors (Lipinski definition) is 2. The number of carbonyl (C=O) groups is 1. The third-order valence-electron chi connectivity index (χ3n) is 1.95. The third kappa shape index (κ3) is 4.05. The Morgan fingerprint density at radius 1 is 1.53 bits per heavy atom. The predicted octanol–water partition coefficient (Wildman–Crippen LogP) is 2.64. The molecule has 3 N–H and O–H groups in total. The highest BCUT2D eigenvalue weighted by molar-refractivity contribution is 8.01. The number of rotatable bonds is 4. The van der Waals surface area contributed by atoms with Gasteiger partial charge < -0.3 is 11.1 Å². The average Bonchev–Trinajstić information content (AvgIpc) is 2.77. The van der Waals surface area contributed by atoms with Crippen molar-refractivity contribution in [1.29, 1.82) is 0 Å². The molecule has 2 aromatic rings. The van der Waals surface area contributed by atoms with Crippen molar-refractivity contribution in [2.45, 2.75) is 4.34 Å². The SMILES string of the molecule is Nc1nnc(SCC(=O)Nc2cc(Cl)ccc2F)s1. The molecule has 9 heteroatoms. The van der Waals surface area contributed by atoms with Gasteiger partial charge in [0.15, 0.2) is 4.34 Å². The van der Waals surface area contributed by atoms with Crippen LogP contribution in [0.3, 0.4) is 0 Å². The first-order chi connectivity index (χ1) is 9.04. The Balaban J connectivity index is 1.92. The minimum Gasteiger partial charge on any atom is -0.374 e. The summed E-state index contributed by atoms with van der Waals surface area (Å²) in [4.78, 5) is 11.6. The summed E-state index contributed by atoms with van der Waals surface area (Å²) in [6, 6.07) is 3.95. The van der Waals surface area contributed by atoms with Gasteiger partial charge in [0.1, 0.15) is 5.82 Å². The topological polar surface area (TPSA) is 80.9 Å². The maximum atomic E-state index is 13.4. The third-order valence-corrected chi connectivity index (χ3v) is 4.07. The van der Waals surface area contributed by atoms with E-state index < -0.39 is 5.82 Å². The standard InChI is InChI=1S/C10H8ClFN4OS2/c11-5-1-2-6(12)7(3-5)14-8(17)4-18-10-16-15-9(13)19-10/h1-3H,4H2,(H2,13,15)(H,14,17). The summed E-state index contributed by atoms with van der Waals surface area (Å²) in [5.74, 6) is -0.816. The number of nitrogens with zero attached hydrogens (tertiary/aromatic N) is 2. The van der Waals surface area contributed by atoms with Gasteiger partial charge in [0.25, 0.3) is 0 Å². The molecule has 0 spiro atoms. The summed E-state index contributed by atoms with van der Waals surface area (Å²) in [6.07, 6.45) is 0. The highest BCUT2D eigenvalue weighted by Crippen LogP contribution is 2.24. The Labute approximate surface area is 121 Å². The molecule has 100 valence electrons. The van der Waals surface area contributed by atoms with Gasteiger partial charge in [0, 0.05) is 5.02 Å². The van der Waals surface area contributed by atoms with E-state index in [2.05, 4.69) is 15.5 Å². The van der Waals surface area contributed by atoms with Crippen LogP contribution in [0.4, 0.5) is 15.2 Å². The van der Waals surface area contributed by atoms with Gasteiger partial charge in [0.05, 0.1) is 11.4 Å². The Bertz CT molecular complexity index is 607. The van der Waals surface area contributed by atoms with Gasteiger partial charge in [-0.25, -0.2) is 4.39 Å². The van der Waals surface area contributed by atoms with Crippen LogP contribution in [0.15, 0.2) is 22.5 Å². The molecular formula is C10H8ClFN4OS2. The van der Waals surface area contributed by atoms with E-state index in [1.807, 2.05) is 0 Å². The van der Waals surface area contributed by atoms with E-state index in [4.69, 9.17) is 17.3 Å². The van der Waals surface area contributed by atoms with Gasteiger partial charge in [-0.1, -0.05) is 34.7 Å². The van der Waals surface area contributed by atoms with Crippen molar-refractivity contribution in [3.8, 4) is 0 Å². The van der Waals surface area contributed by atoms with Gasteiger partial charge in [0.2, 0.25) is 11.0 Å². The minimum absolute atomic E-state index is 0.0508. The van der Waals surface area contributed by atoms with E-state index in [0.29, 0.717) is 14.5 Å². The second-order valence-corrected chi connectivity index (χ2v) is 6.04. The molecular weight excluding hydrogens is 311 g/mol. The van der Waals surface area contributed by atoms with Crippen molar-refractivity contribution >= 4 is 51.4 Å². The summed E-state index contributed by atoms with van der Waals surface area (Å²) in [7, 11) is 0. The van der Waals surface area contributed by atoms with Crippen molar-refractivity contribution in [2.75, 3.05) is 16.8 Å². The number of thioether (sulfide) groups is 1. The molecule has 0 fully saturated rings. The van der Waals surface area contributed by atoms with Gasteiger partial charge in [-0.15, -0.1) is 10.2 Å². The number of halogens is 2. The molecule has 2 rings (SSSR count). The predicted molar refractivity (Wildman–Crippen MR) is 75.1 cm³/mol. The van der Waals surface area contributed by atoms with E-state index in [1.165, 1.54) is 41.3 Å². The highest BCUT2D eigenvalue weighted by atomic mass is 35.5. The quantitative estimate of drug-likeness (QED) is 0.847. The first-order valence-corrected chi connectivity index (χ1v) is 7.19. The number of nitrogens with one attached hydrogen (secondary N) is 1. The molecule has 0 saturated heterocycles. The number of hydrogen-bond acceptors (Lipinski definition) is 6. The van der Waals surface area contributed by atoms with Crippen LogP contribution in [0.1, 0.15) is 0 Å². The lowest BCUT2D eigenvalue weighted by Crippen LogP contribution is -2.15. The van der Waals surface area contributed by atoms with Crippen molar-refractivity contribution < 1.29 is 9.18 Å². The van der Waals surface area contributed by atoms with E-state index in [-0.39, 0.29) is 17.3 Å². The molecule has 1 aromatic carbocycles. The lowest BCUT2D eigenvalue weighted by molar-refractivity contribution is -0.113. The average molecular weight is 319 g/mol. The number of carbonyl (C=O) groups excluding carboxylic acids is 1. The number of amides is 1. The minimum atomic E-state index is -0.539. The normalized spacial score (nSPS) is 10.4. The molecule has 0 saturated carbocycles. The molecule has 1 aromatic heterocycles. The van der Waals surface area contributed by atoms with E-state index >= 15 is 0 Å². The fourth-order valence-corrected chi connectivity index (χ4v) is 2.79. The van der Waals surface area contributed by atoms with Crippen LogP contribution in [0.2, 0.25) is 5.02 Å². The Morgan fingerprint density at radius 2 is 2.32 bits per heavy atom. The molecule has 0 bridgehead atoms. The summed E-state index contributed by atoms with van der Waals surface area (Å²) in [5, 5.41) is 10.5. The van der Waals surface area contributed by atoms with Crippen LogP contribution in [0.5, 0.6) is 0 Å². The molecule has 0 unspecified atom stereocenters. The van der Waals surface area contributed by atoms with Crippen molar-refractivity contribution in [3.05, 3.63) is 29.0 Å². The highest BCUT2D eigenvalue weighted by Gasteiger charge is 2.10. The molecule has 1 amide bonds. The molecule has 0 aliphatic heterocycles. The fourth-order valence-electron chi connectivity index (χ4n) is 1.19. The van der Waals surface area contributed by atoms with Crippen molar-refractivity contribution in [1.82, 2.24) is 10.2 Å². The maximum absolute atomic E-state index is 13.4. The zero-order chi connectivity index (χ0) is 13.8. The molecule has 0 aliphatic rings. The van der Waals surface area contributed by atoms with Crippen LogP contribution in [0.25, 0.3) is 0 Å². The molecule has 0 radical (unpaired) electrons. The van der Waals surface area contributed by atoms with Gasteiger partial charge in [-0.3, -0.25) is 4.79 Å². The Kier molecular flexibility index (Phi) is 4.56. The van der Waals surface area contributed by atoms with Crippen LogP contribution < -0.4 is 11.1 Å². The summed E-state index contributed by atoms with van der Waals surface area (Å²) < 4.78 is 14.0. The number of aromatic nitrogens is 2. The Morgan fingerprint density at radius 3 is 3.00 bits per heavy atom. The molecule has 1 heterocycles. The zero-order valence-electron chi connectivity index (χ0n) is 9.39. The lowest BCUT2D eigenvalue weighted by atomic mass is 10.3.